The minimum absolute atomic E-state index is 0.403. The minimum atomic E-state index is 0.403. The molecule has 8 heavy (non-hydrogen) atoms. The van der Waals surface area contributed by atoms with Gasteiger partial charge in [0.15, 0.2) is 0 Å². The molecule has 0 saturated heterocycles. The summed E-state index contributed by atoms with van der Waals surface area (Å²) in [6.45, 7) is 0. The summed E-state index contributed by atoms with van der Waals surface area (Å²) in [5.74, 6) is 1.76. The second-order valence-corrected chi connectivity index (χ2v) is 2.62. The van der Waals surface area contributed by atoms with Crippen molar-refractivity contribution in [2.75, 3.05) is 0 Å². The average Bonchev–Trinajstić information content (AvgIpc) is 2.22. The summed E-state index contributed by atoms with van der Waals surface area (Å²) in [5, 5.41) is 0. The maximum absolute atomic E-state index is 10.1. The normalized spacial score (nSPS) is 48.8. The van der Waals surface area contributed by atoms with E-state index >= 15 is 0 Å². The maximum Gasteiger partial charge on any atom is 0.123 e. The van der Waals surface area contributed by atoms with E-state index in [0.717, 1.165) is 12.7 Å². The first-order valence-corrected chi connectivity index (χ1v) is 3.05. The summed E-state index contributed by atoms with van der Waals surface area (Å²) in [5.41, 5.74) is 0. The van der Waals surface area contributed by atoms with Crippen LogP contribution < -0.4 is 0 Å². The van der Waals surface area contributed by atoms with E-state index in [1.165, 1.54) is 0 Å². The van der Waals surface area contributed by atoms with Crippen LogP contribution in [0, 0.1) is 17.8 Å². The van der Waals surface area contributed by atoms with Gasteiger partial charge in [0.05, 0.1) is 0 Å². The molecule has 2 rings (SSSR count). The first kappa shape index (κ1) is 4.30. The summed E-state index contributed by atoms with van der Waals surface area (Å²) >= 11 is 0. The quantitative estimate of drug-likeness (QED) is 0.362. The largest absolute Gasteiger partial charge is 0.303 e. The molecule has 0 radical (unpaired) electrons. The van der Waals surface area contributed by atoms with E-state index < -0.39 is 0 Å². The highest BCUT2D eigenvalue weighted by Gasteiger charge is 2.49. The van der Waals surface area contributed by atoms with E-state index in [1.807, 2.05) is 0 Å². The highest BCUT2D eigenvalue weighted by Crippen LogP contribution is 2.52. The Kier molecular flexibility index (Phi) is 0.655. The molecule has 0 spiro atoms. The van der Waals surface area contributed by atoms with Gasteiger partial charge in [-0.3, -0.25) is 0 Å². The van der Waals surface area contributed by atoms with Gasteiger partial charge in [0, 0.05) is 5.92 Å². The Morgan fingerprint density at radius 1 is 1.62 bits per heavy atom. The molecule has 1 heteroatoms. The second-order valence-electron chi connectivity index (χ2n) is 2.62. The smallest absolute Gasteiger partial charge is 0.123 e. The lowest BCUT2D eigenvalue weighted by Crippen LogP contribution is -1.82. The van der Waals surface area contributed by atoms with E-state index in [-0.39, 0.29) is 0 Å². The van der Waals surface area contributed by atoms with Crippen molar-refractivity contribution in [2.24, 2.45) is 17.8 Å². The Morgan fingerprint density at radius 3 is 2.88 bits per heavy atom. The highest BCUT2D eigenvalue weighted by molar-refractivity contribution is 5.61. The van der Waals surface area contributed by atoms with Crippen molar-refractivity contribution in [3.63, 3.8) is 0 Å². The van der Waals surface area contributed by atoms with Crippen molar-refractivity contribution in [3.8, 4) is 0 Å². The van der Waals surface area contributed by atoms with Gasteiger partial charge in [0.25, 0.3) is 0 Å². The molecule has 2 aliphatic carbocycles. The van der Waals surface area contributed by atoms with Crippen LogP contribution in [0.2, 0.25) is 0 Å². The monoisotopic (exact) mass is 108 g/mol. The predicted molar refractivity (Wildman–Crippen MR) is 30.3 cm³/mol. The number of carbonyl (C=O) groups excluding carboxylic acids is 1. The fourth-order valence-corrected chi connectivity index (χ4v) is 1.60. The molecule has 2 aliphatic rings. The van der Waals surface area contributed by atoms with Gasteiger partial charge in [0.1, 0.15) is 6.29 Å². The molecule has 0 bridgehead atoms. The Balaban J connectivity index is 2.12. The summed E-state index contributed by atoms with van der Waals surface area (Å²) < 4.78 is 0. The van der Waals surface area contributed by atoms with E-state index in [1.54, 1.807) is 0 Å². The topological polar surface area (TPSA) is 17.1 Å². The van der Waals surface area contributed by atoms with E-state index in [9.17, 15) is 4.79 Å². The summed E-state index contributed by atoms with van der Waals surface area (Å²) in [4.78, 5) is 10.1. The van der Waals surface area contributed by atoms with Crippen LogP contribution in [-0.4, -0.2) is 6.29 Å². The molecule has 0 aliphatic heterocycles. The van der Waals surface area contributed by atoms with Crippen LogP contribution in [0.25, 0.3) is 0 Å². The lowest BCUT2D eigenvalue weighted by molar-refractivity contribution is -0.109. The Morgan fingerprint density at radius 2 is 2.50 bits per heavy atom. The van der Waals surface area contributed by atoms with Crippen LogP contribution in [0.15, 0.2) is 12.2 Å². The molecule has 0 aromatic heterocycles. The zero-order valence-corrected chi connectivity index (χ0v) is 4.58. The molecule has 1 nitrogen and oxygen atoms in total. The van der Waals surface area contributed by atoms with Crippen molar-refractivity contribution in [1.29, 1.82) is 0 Å². The number of carbonyl (C=O) groups is 1. The molecule has 42 valence electrons. The number of hydrogen-bond donors (Lipinski definition) is 0. The molecular weight excluding hydrogens is 100 g/mol. The molecule has 3 unspecified atom stereocenters. The summed E-state index contributed by atoms with van der Waals surface area (Å²) in [7, 11) is 0. The average molecular weight is 108 g/mol. The SMILES string of the molecule is O=CC1C2C=CCC12. The molecule has 3 atom stereocenters. The van der Waals surface area contributed by atoms with Crippen LogP contribution in [0.4, 0.5) is 0 Å². The molecule has 0 aromatic rings. The Hall–Kier alpha value is -0.590. The number of aldehydes is 1. The zero-order chi connectivity index (χ0) is 5.56. The highest BCUT2D eigenvalue weighted by atomic mass is 16.1. The van der Waals surface area contributed by atoms with Crippen molar-refractivity contribution >= 4 is 6.29 Å². The fourth-order valence-electron chi connectivity index (χ4n) is 1.60. The van der Waals surface area contributed by atoms with Gasteiger partial charge in [-0.25, -0.2) is 0 Å². The van der Waals surface area contributed by atoms with Gasteiger partial charge < -0.3 is 4.79 Å². The zero-order valence-electron chi connectivity index (χ0n) is 4.58. The minimum Gasteiger partial charge on any atom is -0.303 e. The van der Waals surface area contributed by atoms with Gasteiger partial charge in [-0.1, -0.05) is 12.2 Å². The van der Waals surface area contributed by atoms with Gasteiger partial charge >= 0.3 is 0 Å². The van der Waals surface area contributed by atoms with Gasteiger partial charge in [-0.15, -0.1) is 0 Å². The van der Waals surface area contributed by atoms with E-state index in [0.29, 0.717) is 17.8 Å². The van der Waals surface area contributed by atoms with Crippen LogP contribution in [0.1, 0.15) is 6.42 Å². The predicted octanol–water partition coefficient (Wildman–Crippen LogP) is 1.01. The Bertz CT molecular complexity index is 144. The van der Waals surface area contributed by atoms with Crippen LogP contribution >= 0.6 is 0 Å². The lowest BCUT2D eigenvalue weighted by Gasteiger charge is -1.81. The molecule has 0 amide bonds. The number of allylic oxidation sites excluding steroid dienone is 2. The summed E-state index contributed by atoms with van der Waals surface area (Å²) in [6, 6.07) is 0. The second kappa shape index (κ2) is 1.22. The number of rotatable bonds is 1. The molecule has 0 N–H and O–H groups in total. The van der Waals surface area contributed by atoms with E-state index in [4.69, 9.17) is 0 Å². The van der Waals surface area contributed by atoms with Crippen molar-refractivity contribution < 1.29 is 4.79 Å². The molecule has 1 saturated carbocycles. The van der Waals surface area contributed by atoms with Crippen molar-refractivity contribution in [1.82, 2.24) is 0 Å². The number of fused-ring (bicyclic) bond motifs is 1. The Labute approximate surface area is 48.4 Å². The standard InChI is InChI=1S/C7H8O/c8-4-7-5-2-1-3-6(5)7/h1-2,4-7H,3H2. The summed E-state index contributed by atoms with van der Waals surface area (Å²) in [6.07, 6.45) is 6.59. The van der Waals surface area contributed by atoms with Gasteiger partial charge in [-0.05, 0) is 18.3 Å². The maximum atomic E-state index is 10.1. The van der Waals surface area contributed by atoms with Crippen molar-refractivity contribution in [3.05, 3.63) is 12.2 Å². The third kappa shape index (κ3) is 0.347. The van der Waals surface area contributed by atoms with Crippen LogP contribution in [0.5, 0.6) is 0 Å². The molecule has 0 aromatic carbocycles. The van der Waals surface area contributed by atoms with E-state index in [2.05, 4.69) is 12.2 Å². The lowest BCUT2D eigenvalue weighted by atomic mass is 10.2. The van der Waals surface area contributed by atoms with Gasteiger partial charge in [0.2, 0.25) is 0 Å². The first-order valence-electron chi connectivity index (χ1n) is 3.05. The fraction of sp³-hybridized carbons (Fsp3) is 0.571. The third-order valence-electron chi connectivity index (χ3n) is 2.22. The van der Waals surface area contributed by atoms with Crippen molar-refractivity contribution in [2.45, 2.75) is 6.42 Å². The molecular formula is C7H8O. The molecule has 0 heterocycles. The number of hydrogen-bond acceptors (Lipinski definition) is 1. The first-order chi connectivity index (χ1) is 3.93. The van der Waals surface area contributed by atoms with Crippen LogP contribution in [0.3, 0.4) is 0 Å². The molecule has 1 fully saturated rings. The third-order valence-corrected chi connectivity index (χ3v) is 2.22. The van der Waals surface area contributed by atoms with Crippen LogP contribution in [-0.2, 0) is 4.79 Å². The van der Waals surface area contributed by atoms with Gasteiger partial charge in [-0.2, -0.15) is 0 Å².